The zero-order chi connectivity index (χ0) is 27.7. The van der Waals surface area contributed by atoms with Gasteiger partial charge in [-0.15, -0.1) is 38.4 Å². The molecule has 0 aromatic carbocycles. The fourth-order valence-electron chi connectivity index (χ4n) is 3.71. The van der Waals surface area contributed by atoms with Gasteiger partial charge in [-0.05, 0) is 22.6 Å². The zero-order valence-electron chi connectivity index (χ0n) is 19.4. The summed E-state index contributed by atoms with van der Waals surface area (Å²) in [5.74, 6) is -3.67. The van der Waals surface area contributed by atoms with Crippen molar-refractivity contribution in [2.75, 3.05) is 30.4 Å². The van der Waals surface area contributed by atoms with Crippen molar-refractivity contribution in [1.29, 1.82) is 0 Å². The molecule has 5 rings (SSSR count). The number of β-lactam (4-membered cyclic amide) rings is 1. The van der Waals surface area contributed by atoms with E-state index in [-0.39, 0.29) is 29.0 Å². The Labute approximate surface area is 229 Å². The van der Waals surface area contributed by atoms with E-state index in [1.165, 1.54) is 33.1 Å². The first kappa shape index (κ1) is 26.5. The van der Waals surface area contributed by atoms with Gasteiger partial charge in [-0.1, -0.05) is 5.16 Å². The third-order valence-corrected chi connectivity index (χ3v) is 8.98. The summed E-state index contributed by atoms with van der Waals surface area (Å²) in [6.45, 7) is -0.891. The Balaban J connectivity index is 1.25. The summed E-state index contributed by atoms with van der Waals surface area (Å²) in [6.07, 6.45) is 0. The van der Waals surface area contributed by atoms with E-state index in [2.05, 4.69) is 45.3 Å². The molecule has 0 saturated carbocycles. The Morgan fingerprint density at radius 2 is 2.15 bits per heavy atom. The smallest absolute Gasteiger partial charge is 0.344 e. The average molecular weight is 596 g/mol. The van der Waals surface area contributed by atoms with Crippen LogP contribution in [0.15, 0.2) is 22.3 Å². The van der Waals surface area contributed by atoms with Gasteiger partial charge in [0.1, 0.15) is 21.9 Å². The first-order valence-electron chi connectivity index (χ1n) is 10.8. The number of carboxylic acids is 2. The number of nitrogens with one attached hydrogen (secondary N) is 1. The van der Waals surface area contributed by atoms with Crippen LogP contribution in [0, 0.1) is 5.41 Å². The Morgan fingerprint density at radius 3 is 2.87 bits per heavy atom. The molecule has 2 saturated heterocycles. The van der Waals surface area contributed by atoms with Crippen molar-refractivity contribution in [1.82, 2.24) is 44.8 Å². The minimum absolute atomic E-state index is 0.0356. The predicted octanol–water partition coefficient (Wildman–Crippen LogP) is -1.98. The lowest BCUT2D eigenvalue weighted by Gasteiger charge is -2.53. The van der Waals surface area contributed by atoms with Gasteiger partial charge in [0.2, 0.25) is 24.1 Å². The summed E-state index contributed by atoms with van der Waals surface area (Å²) in [7, 11) is 0. The fourth-order valence-corrected chi connectivity index (χ4v) is 6.85. The van der Waals surface area contributed by atoms with Crippen LogP contribution in [0.2, 0.25) is 0 Å². The zero-order valence-corrected chi connectivity index (χ0v) is 21.9. The van der Waals surface area contributed by atoms with Crippen molar-refractivity contribution in [3.8, 4) is 0 Å². The Hall–Kier alpha value is -4.11. The van der Waals surface area contributed by atoms with Crippen LogP contribution in [0.4, 0.5) is 5.13 Å². The Bertz CT molecular complexity index is 1500. The van der Waals surface area contributed by atoms with Crippen molar-refractivity contribution in [3.05, 3.63) is 18.0 Å². The number of hydrogen-bond donors (Lipinski definition) is 4. The van der Waals surface area contributed by atoms with E-state index in [9.17, 15) is 24.3 Å². The molecule has 204 valence electrons. The molecule has 39 heavy (non-hydrogen) atoms. The average Bonchev–Trinajstić information content (AvgIpc) is 3.56. The number of nitrogens with two attached hydrogens (primary N) is 1. The number of fused-ring (bicyclic) bond motifs is 2. The molecule has 2 aliphatic heterocycles. The van der Waals surface area contributed by atoms with Crippen molar-refractivity contribution < 1.29 is 34.2 Å². The maximum Gasteiger partial charge on any atom is 0.344 e. The summed E-state index contributed by atoms with van der Waals surface area (Å²) >= 11 is 3.20. The number of tetrazole rings is 1. The maximum atomic E-state index is 13.0. The highest BCUT2D eigenvalue weighted by atomic mass is 32.2. The van der Waals surface area contributed by atoms with Gasteiger partial charge in [0.25, 0.3) is 5.91 Å². The molecule has 0 aliphatic carbocycles. The second-order valence-electron chi connectivity index (χ2n) is 8.25. The number of aliphatic carboxylic acids is 2. The van der Waals surface area contributed by atoms with Crippen LogP contribution in [0.5, 0.6) is 0 Å². The predicted molar refractivity (Wildman–Crippen MR) is 134 cm³/mol. The lowest BCUT2D eigenvalue weighted by Crippen LogP contribution is -2.74. The standard InChI is InChI=1S/C18H17N11O7S3/c19-17-21-12(25-39-17)10(24-36-3-9(30)31)13(32)20-11-14(33)28-4-18(16(34)35,6-38-15(11)28)5-37-8-2-1-7-22-26-27-29(7)23-8/h1-2,11,15H,3-6H2,(H,20,32)(H,30,31)(H,34,35)(H2,19,21,25)/t11?,15-,18?/m1/s1. The molecule has 18 nitrogen and oxygen atoms in total. The number of aromatic nitrogens is 7. The molecule has 2 fully saturated rings. The molecule has 2 aliphatic rings. The van der Waals surface area contributed by atoms with Crippen LogP contribution in [0.3, 0.4) is 0 Å². The lowest BCUT2D eigenvalue weighted by molar-refractivity contribution is -0.157. The molecule has 3 aromatic heterocycles. The SMILES string of the molecule is Nc1nc(C(=NOCC(=O)O)C(=O)NC2C(=O)N3CC(CSc4ccc5nnnn5n4)(C(=O)O)CS[C@H]23)ns1. The highest BCUT2D eigenvalue weighted by molar-refractivity contribution is 8.00. The number of hydrogen-bond acceptors (Lipinski definition) is 16. The van der Waals surface area contributed by atoms with Gasteiger partial charge in [0.15, 0.2) is 10.8 Å². The van der Waals surface area contributed by atoms with Crippen molar-refractivity contribution in [2.24, 2.45) is 10.6 Å². The van der Waals surface area contributed by atoms with Crippen LogP contribution in [-0.2, 0) is 24.0 Å². The molecule has 5 N–H and O–H groups in total. The summed E-state index contributed by atoms with van der Waals surface area (Å²) < 4.78 is 5.11. The van der Waals surface area contributed by atoms with E-state index in [4.69, 9.17) is 10.8 Å². The van der Waals surface area contributed by atoms with Gasteiger partial charge in [-0.3, -0.25) is 14.4 Å². The van der Waals surface area contributed by atoms with Crippen LogP contribution in [0.1, 0.15) is 5.82 Å². The highest BCUT2D eigenvalue weighted by Crippen LogP contribution is 2.44. The van der Waals surface area contributed by atoms with Crippen molar-refractivity contribution in [2.45, 2.75) is 16.4 Å². The van der Waals surface area contributed by atoms with E-state index in [1.54, 1.807) is 12.1 Å². The van der Waals surface area contributed by atoms with Crippen molar-refractivity contribution in [3.63, 3.8) is 0 Å². The summed E-state index contributed by atoms with van der Waals surface area (Å²) in [6, 6.07) is 2.35. The highest BCUT2D eigenvalue weighted by Gasteiger charge is 2.57. The number of nitrogens with zero attached hydrogens (tertiary/aromatic N) is 9. The van der Waals surface area contributed by atoms with Gasteiger partial charge < -0.3 is 31.0 Å². The number of thioether (sulfide) groups is 2. The summed E-state index contributed by atoms with van der Waals surface area (Å²) in [5, 5.41) is 40.1. The van der Waals surface area contributed by atoms with E-state index in [1.807, 2.05) is 0 Å². The second-order valence-corrected chi connectivity index (χ2v) is 11.1. The Morgan fingerprint density at radius 1 is 1.33 bits per heavy atom. The fraction of sp³-hybridized carbons (Fsp3) is 0.389. The number of amides is 2. The largest absolute Gasteiger partial charge is 0.481 e. The quantitative estimate of drug-likeness (QED) is 0.0857. The molecule has 5 heterocycles. The van der Waals surface area contributed by atoms with Gasteiger partial charge in [0.05, 0.1) is 0 Å². The third kappa shape index (κ3) is 5.27. The third-order valence-electron chi connectivity index (χ3n) is 5.64. The van der Waals surface area contributed by atoms with Crippen LogP contribution >= 0.6 is 35.1 Å². The van der Waals surface area contributed by atoms with E-state index < -0.39 is 52.9 Å². The van der Waals surface area contributed by atoms with Crippen LogP contribution in [-0.4, -0.2) is 115 Å². The minimum atomic E-state index is -1.32. The normalized spacial score (nSPS) is 22.7. The van der Waals surface area contributed by atoms with Crippen molar-refractivity contribution >= 4 is 75.3 Å². The Kier molecular flexibility index (Phi) is 7.18. The van der Waals surface area contributed by atoms with E-state index in [0.717, 1.165) is 11.5 Å². The monoisotopic (exact) mass is 595 g/mol. The second kappa shape index (κ2) is 10.6. The molecule has 2 amide bonds. The summed E-state index contributed by atoms with van der Waals surface area (Å²) in [4.78, 5) is 58.9. The van der Waals surface area contributed by atoms with Crippen LogP contribution in [0.25, 0.3) is 5.65 Å². The summed E-state index contributed by atoms with van der Waals surface area (Å²) in [5.41, 5.74) is 4.28. The minimum Gasteiger partial charge on any atom is -0.481 e. The molecule has 0 radical (unpaired) electrons. The number of nitrogen functional groups attached to an aromatic ring is 1. The molecule has 2 unspecified atom stereocenters. The molecular formula is C18H17N11O7S3. The van der Waals surface area contributed by atoms with Crippen LogP contribution < -0.4 is 11.1 Å². The van der Waals surface area contributed by atoms with E-state index >= 15 is 0 Å². The number of anilines is 1. The first-order valence-corrected chi connectivity index (χ1v) is 13.6. The topological polar surface area (TPSA) is 253 Å². The molecule has 21 heteroatoms. The maximum absolute atomic E-state index is 13.0. The van der Waals surface area contributed by atoms with Gasteiger partial charge in [0, 0.05) is 29.6 Å². The van der Waals surface area contributed by atoms with Gasteiger partial charge in [-0.2, -0.15) is 9.36 Å². The number of oxime groups is 1. The van der Waals surface area contributed by atoms with Gasteiger partial charge in [-0.25, -0.2) is 4.79 Å². The molecule has 0 spiro atoms. The van der Waals surface area contributed by atoms with E-state index in [0.29, 0.717) is 10.7 Å². The number of carbonyl (C=O) groups excluding carboxylic acids is 2. The lowest BCUT2D eigenvalue weighted by atomic mass is 9.89. The number of carbonyl (C=O) groups is 4. The molecular weight excluding hydrogens is 578 g/mol. The first-order chi connectivity index (χ1) is 18.7. The molecule has 3 aromatic rings. The van der Waals surface area contributed by atoms with Gasteiger partial charge >= 0.3 is 11.9 Å². The number of rotatable bonds is 10. The molecule has 0 bridgehead atoms. The molecule has 3 atom stereocenters. The number of carboxylic acid groups (broad SMARTS) is 2.